The van der Waals surface area contributed by atoms with E-state index in [1.165, 1.54) is 0 Å². The summed E-state index contributed by atoms with van der Waals surface area (Å²) in [6, 6.07) is 13.1. The number of rotatable bonds is 10. The van der Waals surface area contributed by atoms with Crippen LogP contribution in [-0.2, 0) is 9.59 Å². The summed E-state index contributed by atoms with van der Waals surface area (Å²) >= 11 is 11.7. The summed E-state index contributed by atoms with van der Waals surface area (Å²) in [6.45, 7) is 1.38. The smallest absolute Gasteiger partial charge is 0.321 e. The molecule has 1 unspecified atom stereocenters. The lowest BCUT2D eigenvalue weighted by atomic mass is 10.0. The number of likely N-dealkylation sites (tertiary alicyclic amines) is 1. The maximum atomic E-state index is 12.2. The third-order valence-corrected chi connectivity index (χ3v) is 5.78. The Balaban J connectivity index is 1.39. The summed E-state index contributed by atoms with van der Waals surface area (Å²) in [4.78, 5) is 25.9. The number of amides is 1. The Morgan fingerprint density at radius 1 is 0.969 bits per heavy atom. The molecule has 0 saturated carbocycles. The van der Waals surface area contributed by atoms with Crippen LogP contribution in [0.1, 0.15) is 19.3 Å². The topological polar surface area (TPSA) is 88.1 Å². The summed E-state index contributed by atoms with van der Waals surface area (Å²) in [5.41, 5.74) is 0. The van der Waals surface area contributed by atoms with Crippen LogP contribution < -0.4 is 14.8 Å². The van der Waals surface area contributed by atoms with Crippen molar-refractivity contribution < 1.29 is 24.2 Å². The summed E-state index contributed by atoms with van der Waals surface area (Å²) in [7, 11) is 0. The number of benzene rings is 2. The van der Waals surface area contributed by atoms with Crippen LogP contribution >= 0.6 is 23.2 Å². The standard InChI is InChI=1S/C23H26Cl2N2O5/c24-16-1-5-19(6-2-16)31-14-11-21(23(29)30)27-12-9-18(10-13-27)26-22(28)15-32-20-7-3-17(25)4-8-20/h1-8,18,21H,9-15H2,(H,26,28)(H,29,30). The van der Waals surface area contributed by atoms with Gasteiger partial charge in [0.2, 0.25) is 0 Å². The fraction of sp³-hybridized carbons (Fsp3) is 0.391. The largest absolute Gasteiger partial charge is 0.494 e. The van der Waals surface area contributed by atoms with Crippen molar-refractivity contribution in [1.82, 2.24) is 10.2 Å². The van der Waals surface area contributed by atoms with Crippen LogP contribution in [0.25, 0.3) is 0 Å². The quantitative estimate of drug-likeness (QED) is 0.536. The Labute approximate surface area is 197 Å². The Bertz CT molecular complexity index is 884. The average Bonchev–Trinajstić information content (AvgIpc) is 2.78. The van der Waals surface area contributed by atoms with E-state index in [-0.39, 0.29) is 25.2 Å². The van der Waals surface area contributed by atoms with Crippen molar-refractivity contribution in [1.29, 1.82) is 0 Å². The molecule has 1 aliphatic heterocycles. The van der Waals surface area contributed by atoms with Gasteiger partial charge < -0.3 is 19.9 Å². The first-order valence-electron chi connectivity index (χ1n) is 10.4. The van der Waals surface area contributed by atoms with Gasteiger partial charge in [0.15, 0.2) is 6.61 Å². The van der Waals surface area contributed by atoms with Crippen molar-refractivity contribution in [2.24, 2.45) is 0 Å². The number of nitrogens with zero attached hydrogens (tertiary/aromatic N) is 1. The minimum absolute atomic E-state index is 0.00710. The first kappa shape index (κ1) is 24.2. The van der Waals surface area contributed by atoms with Crippen LogP contribution in [0.3, 0.4) is 0 Å². The molecule has 2 aromatic rings. The molecule has 0 bridgehead atoms. The molecular formula is C23H26Cl2N2O5. The number of carboxylic acid groups (broad SMARTS) is 1. The molecule has 1 fully saturated rings. The van der Waals surface area contributed by atoms with E-state index < -0.39 is 12.0 Å². The van der Waals surface area contributed by atoms with Gasteiger partial charge in [-0.2, -0.15) is 0 Å². The zero-order valence-corrected chi connectivity index (χ0v) is 19.0. The minimum Gasteiger partial charge on any atom is -0.494 e. The summed E-state index contributed by atoms with van der Waals surface area (Å²) < 4.78 is 11.1. The average molecular weight is 481 g/mol. The van der Waals surface area contributed by atoms with Crippen LogP contribution in [-0.4, -0.2) is 60.3 Å². The maximum absolute atomic E-state index is 12.2. The monoisotopic (exact) mass is 480 g/mol. The SMILES string of the molecule is O=C(COc1ccc(Cl)cc1)NC1CCN(C(CCOc2ccc(Cl)cc2)C(=O)O)CC1. The van der Waals surface area contributed by atoms with Gasteiger partial charge in [-0.05, 0) is 61.4 Å². The number of carbonyl (C=O) groups excluding carboxylic acids is 1. The van der Waals surface area contributed by atoms with Gasteiger partial charge in [-0.1, -0.05) is 23.2 Å². The Kier molecular flexibility index (Phi) is 9.02. The lowest BCUT2D eigenvalue weighted by Crippen LogP contribution is -2.51. The van der Waals surface area contributed by atoms with Crippen LogP contribution in [0.15, 0.2) is 48.5 Å². The Hall–Kier alpha value is -2.48. The molecule has 0 aromatic heterocycles. The van der Waals surface area contributed by atoms with Gasteiger partial charge in [0, 0.05) is 35.6 Å². The molecule has 1 heterocycles. The third kappa shape index (κ3) is 7.58. The molecule has 0 aliphatic carbocycles. The summed E-state index contributed by atoms with van der Waals surface area (Å²) in [5, 5.41) is 13.8. The van der Waals surface area contributed by atoms with Gasteiger partial charge in [-0.25, -0.2) is 0 Å². The molecule has 3 rings (SSSR count). The Morgan fingerprint density at radius 2 is 1.50 bits per heavy atom. The van der Waals surface area contributed by atoms with E-state index in [9.17, 15) is 14.7 Å². The number of ether oxygens (including phenoxy) is 2. The van der Waals surface area contributed by atoms with E-state index in [1.54, 1.807) is 48.5 Å². The van der Waals surface area contributed by atoms with E-state index >= 15 is 0 Å². The van der Waals surface area contributed by atoms with Gasteiger partial charge >= 0.3 is 5.97 Å². The van der Waals surface area contributed by atoms with E-state index in [0.29, 0.717) is 53.9 Å². The second-order valence-corrected chi connectivity index (χ2v) is 8.44. The highest BCUT2D eigenvalue weighted by molar-refractivity contribution is 6.30. The predicted molar refractivity (Wildman–Crippen MR) is 123 cm³/mol. The second-order valence-electron chi connectivity index (χ2n) is 7.57. The lowest BCUT2D eigenvalue weighted by molar-refractivity contribution is -0.144. The van der Waals surface area contributed by atoms with Crippen molar-refractivity contribution in [2.45, 2.75) is 31.3 Å². The fourth-order valence-corrected chi connectivity index (χ4v) is 3.84. The van der Waals surface area contributed by atoms with E-state index in [2.05, 4.69) is 5.32 Å². The number of hydrogen-bond acceptors (Lipinski definition) is 5. The second kappa shape index (κ2) is 11.9. The number of aliphatic carboxylic acids is 1. The molecule has 1 saturated heterocycles. The molecule has 1 amide bonds. The summed E-state index contributed by atoms with van der Waals surface area (Å²) in [5.74, 6) is 0.151. The normalized spacial score (nSPS) is 15.7. The molecule has 32 heavy (non-hydrogen) atoms. The number of nitrogens with one attached hydrogen (secondary N) is 1. The summed E-state index contributed by atoms with van der Waals surface area (Å²) in [6.07, 6.45) is 1.72. The van der Waals surface area contributed by atoms with Crippen molar-refractivity contribution in [3.8, 4) is 11.5 Å². The van der Waals surface area contributed by atoms with E-state index in [4.69, 9.17) is 32.7 Å². The highest BCUT2D eigenvalue weighted by Gasteiger charge is 2.30. The molecular weight excluding hydrogens is 455 g/mol. The lowest BCUT2D eigenvalue weighted by Gasteiger charge is -2.35. The number of hydrogen-bond donors (Lipinski definition) is 2. The molecule has 1 atom stereocenters. The molecule has 9 heteroatoms. The maximum Gasteiger partial charge on any atom is 0.321 e. The van der Waals surface area contributed by atoms with Crippen LogP contribution in [0.4, 0.5) is 0 Å². The zero-order valence-electron chi connectivity index (χ0n) is 17.5. The van der Waals surface area contributed by atoms with Gasteiger partial charge in [-0.15, -0.1) is 0 Å². The third-order valence-electron chi connectivity index (χ3n) is 5.28. The first-order valence-corrected chi connectivity index (χ1v) is 11.2. The van der Waals surface area contributed by atoms with E-state index in [0.717, 1.165) is 0 Å². The number of carbonyl (C=O) groups is 2. The van der Waals surface area contributed by atoms with Gasteiger partial charge in [0.05, 0.1) is 6.61 Å². The number of piperidine rings is 1. The fourth-order valence-electron chi connectivity index (χ4n) is 3.59. The molecule has 172 valence electrons. The molecule has 2 aromatic carbocycles. The molecule has 0 radical (unpaired) electrons. The first-order chi connectivity index (χ1) is 15.4. The van der Waals surface area contributed by atoms with Crippen molar-refractivity contribution in [3.05, 3.63) is 58.6 Å². The highest BCUT2D eigenvalue weighted by atomic mass is 35.5. The molecule has 0 spiro atoms. The van der Waals surface area contributed by atoms with Crippen molar-refractivity contribution in [2.75, 3.05) is 26.3 Å². The molecule has 1 aliphatic rings. The number of halogens is 2. The predicted octanol–water partition coefficient (Wildman–Crippen LogP) is 3.88. The zero-order chi connectivity index (χ0) is 22.9. The van der Waals surface area contributed by atoms with Gasteiger partial charge in [0.25, 0.3) is 5.91 Å². The van der Waals surface area contributed by atoms with Crippen molar-refractivity contribution in [3.63, 3.8) is 0 Å². The van der Waals surface area contributed by atoms with Gasteiger partial charge in [0.1, 0.15) is 17.5 Å². The van der Waals surface area contributed by atoms with Crippen LogP contribution in [0.2, 0.25) is 10.0 Å². The Morgan fingerprint density at radius 3 is 2.03 bits per heavy atom. The van der Waals surface area contributed by atoms with Gasteiger partial charge in [-0.3, -0.25) is 14.5 Å². The molecule has 2 N–H and O–H groups in total. The van der Waals surface area contributed by atoms with Crippen LogP contribution in [0, 0.1) is 0 Å². The number of carboxylic acids is 1. The highest BCUT2D eigenvalue weighted by Crippen LogP contribution is 2.19. The molecule has 7 nitrogen and oxygen atoms in total. The van der Waals surface area contributed by atoms with E-state index in [1.807, 2.05) is 4.90 Å². The van der Waals surface area contributed by atoms with Crippen molar-refractivity contribution >= 4 is 35.1 Å². The minimum atomic E-state index is -0.872. The van der Waals surface area contributed by atoms with Crippen LogP contribution in [0.5, 0.6) is 11.5 Å².